The van der Waals surface area contributed by atoms with Crippen molar-refractivity contribution in [1.29, 1.82) is 0 Å². The van der Waals surface area contributed by atoms with E-state index in [9.17, 15) is 9.59 Å². The summed E-state index contributed by atoms with van der Waals surface area (Å²) in [6.45, 7) is 0.760. The topological polar surface area (TPSA) is 111 Å². The molecule has 10 nitrogen and oxygen atoms in total. The van der Waals surface area contributed by atoms with Crippen molar-refractivity contribution in [3.8, 4) is 11.5 Å². The van der Waals surface area contributed by atoms with Crippen LogP contribution in [0.4, 0.5) is 10.5 Å². The lowest BCUT2D eigenvalue weighted by molar-refractivity contribution is 0.0827. The predicted molar refractivity (Wildman–Crippen MR) is 112 cm³/mol. The van der Waals surface area contributed by atoms with E-state index in [1.807, 2.05) is 0 Å². The van der Waals surface area contributed by atoms with E-state index in [1.54, 1.807) is 69.4 Å². The van der Waals surface area contributed by atoms with Crippen molar-refractivity contribution in [3.63, 3.8) is 0 Å². The van der Waals surface area contributed by atoms with Crippen LogP contribution in [0.3, 0.4) is 0 Å². The Morgan fingerprint density at radius 1 is 1.07 bits per heavy atom. The average Bonchev–Trinajstić information content (AvgIpc) is 3.14. The van der Waals surface area contributed by atoms with E-state index in [4.69, 9.17) is 9.47 Å². The van der Waals surface area contributed by atoms with Crippen molar-refractivity contribution in [2.24, 2.45) is 0 Å². The van der Waals surface area contributed by atoms with Gasteiger partial charge in [-0.15, -0.1) is 5.10 Å². The summed E-state index contributed by atoms with van der Waals surface area (Å²) in [6, 6.07) is 9.98. The first-order chi connectivity index (χ1) is 14.4. The van der Waals surface area contributed by atoms with Gasteiger partial charge >= 0.3 is 6.03 Å². The Morgan fingerprint density at radius 2 is 1.77 bits per heavy atom. The van der Waals surface area contributed by atoms with E-state index < -0.39 is 0 Å². The van der Waals surface area contributed by atoms with Crippen LogP contribution in [0.2, 0.25) is 0 Å². The van der Waals surface area contributed by atoms with Crippen molar-refractivity contribution in [3.05, 3.63) is 42.0 Å². The van der Waals surface area contributed by atoms with E-state index in [1.165, 1.54) is 4.90 Å². The number of nitrogens with one attached hydrogen (secondary N) is 2. The first-order valence-corrected chi connectivity index (χ1v) is 9.24. The van der Waals surface area contributed by atoms with Gasteiger partial charge in [0.25, 0.3) is 5.91 Å². The lowest BCUT2D eigenvalue weighted by Crippen LogP contribution is -2.31. The zero-order valence-electron chi connectivity index (χ0n) is 17.3. The van der Waals surface area contributed by atoms with Gasteiger partial charge in [0.15, 0.2) is 0 Å². The molecule has 0 radical (unpaired) electrons. The van der Waals surface area contributed by atoms with Crippen LogP contribution < -0.4 is 20.1 Å². The molecule has 0 aliphatic carbocycles. The maximum absolute atomic E-state index is 12.2. The smallest absolute Gasteiger partial charge is 0.319 e. The largest absolute Gasteiger partial charge is 0.497 e. The molecule has 0 spiro atoms. The quantitative estimate of drug-likeness (QED) is 0.614. The van der Waals surface area contributed by atoms with Gasteiger partial charge in [-0.05, 0) is 18.2 Å². The van der Waals surface area contributed by atoms with Crippen LogP contribution in [0.25, 0.3) is 11.0 Å². The van der Waals surface area contributed by atoms with Crippen LogP contribution in [-0.4, -0.2) is 66.7 Å². The van der Waals surface area contributed by atoms with Crippen LogP contribution in [0, 0.1) is 0 Å². The van der Waals surface area contributed by atoms with Gasteiger partial charge in [-0.25, -0.2) is 9.48 Å². The molecule has 158 valence electrons. The minimum absolute atomic E-state index is 0.0982. The summed E-state index contributed by atoms with van der Waals surface area (Å²) in [5.41, 5.74) is 2.50. The summed E-state index contributed by atoms with van der Waals surface area (Å²) in [5.74, 6) is 1.05. The fourth-order valence-corrected chi connectivity index (χ4v) is 2.86. The third kappa shape index (κ3) is 4.77. The molecule has 0 bridgehead atoms. The van der Waals surface area contributed by atoms with E-state index in [0.717, 1.165) is 5.52 Å². The van der Waals surface area contributed by atoms with Crippen LogP contribution >= 0.6 is 0 Å². The summed E-state index contributed by atoms with van der Waals surface area (Å²) in [4.78, 5) is 25.8. The molecule has 3 amide bonds. The highest BCUT2D eigenvalue weighted by molar-refractivity contribution is 5.97. The number of fused-ring (bicyclic) bond motifs is 1. The van der Waals surface area contributed by atoms with Crippen LogP contribution in [-0.2, 0) is 6.54 Å². The Kier molecular flexibility index (Phi) is 6.35. The Labute approximate surface area is 173 Å². The zero-order valence-corrected chi connectivity index (χ0v) is 17.3. The molecule has 0 unspecified atom stereocenters. The van der Waals surface area contributed by atoms with Gasteiger partial charge in [-0.1, -0.05) is 5.21 Å². The summed E-state index contributed by atoms with van der Waals surface area (Å²) in [5, 5.41) is 13.7. The maximum Gasteiger partial charge on any atom is 0.319 e. The van der Waals surface area contributed by atoms with E-state index in [-0.39, 0.29) is 11.9 Å². The van der Waals surface area contributed by atoms with Gasteiger partial charge in [0, 0.05) is 50.1 Å². The minimum Gasteiger partial charge on any atom is -0.497 e. The van der Waals surface area contributed by atoms with Gasteiger partial charge in [-0.3, -0.25) is 4.79 Å². The number of hydrogen-bond acceptors (Lipinski definition) is 6. The Morgan fingerprint density at radius 3 is 2.40 bits per heavy atom. The number of benzene rings is 2. The standard InChI is InChI=1S/C20H24N6O4/c1-25(2)19(27)13-5-6-18-17(9-13)23-24-26(18)8-7-21-20(28)22-14-10-15(29-3)12-16(11-14)30-4/h5-6,9-12H,7-8H2,1-4H3,(H2,21,22,28). The maximum atomic E-state index is 12.2. The number of carbonyl (C=O) groups is 2. The van der Waals surface area contributed by atoms with Crippen molar-refractivity contribution >= 4 is 28.7 Å². The van der Waals surface area contributed by atoms with E-state index in [2.05, 4.69) is 20.9 Å². The Bertz CT molecular complexity index is 1040. The second-order valence-corrected chi connectivity index (χ2v) is 6.70. The third-order valence-electron chi connectivity index (χ3n) is 4.39. The monoisotopic (exact) mass is 412 g/mol. The molecular formula is C20H24N6O4. The molecule has 0 fully saturated rings. The lowest BCUT2D eigenvalue weighted by Gasteiger charge is -2.11. The molecule has 1 heterocycles. The second-order valence-electron chi connectivity index (χ2n) is 6.70. The van der Waals surface area contributed by atoms with Gasteiger partial charge in [-0.2, -0.15) is 0 Å². The molecule has 1 aromatic heterocycles. The average molecular weight is 412 g/mol. The molecule has 0 aliphatic heterocycles. The predicted octanol–water partition coefficient (Wildman–Crippen LogP) is 1.97. The number of carbonyl (C=O) groups excluding carboxylic acids is 2. The normalized spacial score (nSPS) is 10.5. The zero-order chi connectivity index (χ0) is 21.7. The van der Waals surface area contributed by atoms with E-state index >= 15 is 0 Å². The number of anilines is 1. The number of methoxy groups -OCH3 is 2. The summed E-state index contributed by atoms with van der Waals surface area (Å²) < 4.78 is 12.1. The number of urea groups is 1. The van der Waals surface area contributed by atoms with Gasteiger partial charge < -0.3 is 25.0 Å². The fraction of sp³-hybridized carbons (Fsp3) is 0.300. The summed E-state index contributed by atoms with van der Waals surface area (Å²) in [6.07, 6.45) is 0. The number of hydrogen-bond donors (Lipinski definition) is 2. The highest BCUT2D eigenvalue weighted by Gasteiger charge is 2.12. The lowest BCUT2D eigenvalue weighted by atomic mass is 10.2. The first kappa shape index (κ1) is 20.9. The Hall–Kier alpha value is -3.82. The van der Waals surface area contributed by atoms with Gasteiger partial charge in [0.1, 0.15) is 17.0 Å². The molecule has 0 atom stereocenters. The molecule has 30 heavy (non-hydrogen) atoms. The summed E-state index contributed by atoms with van der Waals surface area (Å²) in [7, 11) is 6.48. The van der Waals surface area contributed by atoms with Crippen molar-refractivity contribution in [1.82, 2.24) is 25.2 Å². The highest BCUT2D eigenvalue weighted by Crippen LogP contribution is 2.25. The molecule has 3 rings (SSSR count). The molecule has 2 aromatic carbocycles. The van der Waals surface area contributed by atoms with E-state index in [0.29, 0.717) is 41.4 Å². The van der Waals surface area contributed by atoms with Gasteiger partial charge in [0.2, 0.25) is 0 Å². The van der Waals surface area contributed by atoms with Crippen molar-refractivity contribution < 1.29 is 19.1 Å². The van der Waals surface area contributed by atoms with Crippen molar-refractivity contribution in [2.75, 3.05) is 40.2 Å². The fourth-order valence-electron chi connectivity index (χ4n) is 2.86. The molecule has 0 saturated carbocycles. The SMILES string of the molecule is COc1cc(NC(=O)NCCn2nnc3cc(C(=O)N(C)C)ccc32)cc(OC)c1. The molecule has 10 heteroatoms. The Balaban J connectivity index is 1.59. The van der Waals surface area contributed by atoms with Crippen LogP contribution in [0.1, 0.15) is 10.4 Å². The van der Waals surface area contributed by atoms with Crippen LogP contribution in [0.5, 0.6) is 11.5 Å². The summed E-state index contributed by atoms with van der Waals surface area (Å²) >= 11 is 0. The molecule has 3 aromatic rings. The number of aromatic nitrogens is 3. The van der Waals surface area contributed by atoms with Crippen LogP contribution in [0.15, 0.2) is 36.4 Å². The number of amides is 3. The number of ether oxygens (including phenoxy) is 2. The third-order valence-corrected chi connectivity index (χ3v) is 4.39. The second kappa shape index (κ2) is 9.12. The minimum atomic E-state index is -0.367. The molecular weight excluding hydrogens is 388 g/mol. The molecule has 0 aliphatic rings. The van der Waals surface area contributed by atoms with Crippen molar-refractivity contribution in [2.45, 2.75) is 6.54 Å². The highest BCUT2D eigenvalue weighted by atomic mass is 16.5. The first-order valence-electron chi connectivity index (χ1n) is 9.24. The molecule has 2 N–H and O–H groups in total. The van der Waals surface area contributed by atoms with Gasteiger partial charge in [0.05, 0.1) is 26.3 Å². The molecule has 0 saturated heterocycles. The number of rotatable bonds is 7. The number of nitrogens with zero attached hydrogens (tertiary/aromatic N) is 4.